The van der Waals surface area contributed by atoms with E-state index in [4.69, 9.17) is 21.8 Å². The predicted molar refractivity (Wildman–Crippen MR) is 109 cm³/mol. The Morgan fingerprint density at radius 1 is 1.19 bits per heavy atom. The minimum absolute atomic E-state index is 0.323. The van der Waals surface area contributed by atoms with Crippen molar-refractivity contribution in [3.05, 3.63) is 85.4 Å². The first kappa shape index (κ1) is 16.9. The molecule has 2 N–H and O–H groups in total. The van der Waals surface area contributed by atoms with Crippen LogP contribution in [-0.4, -0.2) is 0 Å². The number of halogens is 1. The fourth-order valence-corrected chi connectivity index (χ4v) is 4.09. The molecule has 0 saturated heterocycles. The third kappa shape index (κ3) is 3.02. The van der Waals surface area contributed by atoms with Crippen LogP contribution in [0.25, 0.3) is 22.1 Å². The number of thiophene rings is 1. The normalized spacial score (nSPS) is 11.2. The van der Waals surface area contributed by atoms with Crippen LogP contribution in [0, 0.1) is 6.92 Å². The van der Waals surface area contributed by atoms with Crippen molar-refractivity contribution in [3.63, 3.8) is 0 Å². The van der Waals surface area contributed by atoms with Gasteiger partial charge in [0, 0.05) is 33.6 Å². The largest absolute Gasteiger partial charge is 0.422 e. The van der Waals surface area contributed by atoms with E-state index in [1.807, 2.05) is 60.1 Å². The smallest absolute Gasteiger partial charge is 0.340 e. The minimum atomic E-state index is -0.323. The van der Waals surface area contributed by atoms with Crippen molar-refractivity contribution >= 4 is 39.6 Å². The molecule has 5 heteroatoms. The molecule has 0 fully saturated rings. The number of benzene rings is 2. The van der Waals surface area contributed by atoms with Crippen LogP contribution >= 0.6 is 22.9 Å². The molecule has 0 bridgehead atoms. The van der Waals surface area contributed by atoms with Gasteiger partial charge in [-0.3, -0.25) is 0 Å². The van der Waals surface area contributed by atoms with E-state index in [0.29, 0.717) is 28.3 Å². The number of fused-ring (bicyclic) bond motifs is 1. The first-order valence-electron chi connectivity index (χ1n) is 8.16. The molecule has 0 amide bonds. The molecule has 4 rings (SSSR count). The maximum Gasteiger partial charge on any atom is 0.340 e. The second-order valence-corrected chi connectivity index (χ2v) is 7.44. The summed E-state index contributed by atoms with van der Waals surface area (Å²) >= 11 is 8.11. The monoisotopic (exact) mass is 381 g/mol. The molecule has 0 spiro atoms. The lowest BCUT2D eigenvalue weighted by molar-refractivity contribution is 0.551. The number of hydrogen-bond donors (Lipinski definition) is 1. The summed E-state index contributed by atoms with van der Waals surface area (Å²) in [7, 11) is 0. The lowest BCUT2D eigenvalue weighted by Crippen LogP contribution is -2.11. The Morgan fingerprint density at radius 3 is 2.77 bits per heavy atom. The highest BCUT2D eigenvalue weighted by Crippen LogP contribution is 2.34. The van der Waals surface area contributed by atoms with Crippen molar-refractivity contribution in [2.45, 2.75) is 13.3 Å². The Morgan fingerprint density at radius 2 is 2.04 bits per heavy atom. The van der Waals surface area contributed by atoms with Gasteiger partial charge in [-0.1, -0.05) is 23.7 Å². The molecule has 0 radical (unpaired) electrons. The van der Waals surface area contributed by atoms with E-state index in [-0.39, 0.29) is 5.63 Å². The SMILES string of the molecule is Cc1c(Cc2cccc(N)c2)c(=O)oc2cc(-c3ccsc3)c(Cl)cc12. The van der Waals surface area contributed by atoms with Crippen molar-refractivity contribution in [1.82, 2.24) is 0 Å². The predicted octanol–water partition coefficient (Wildman–Crippen LogP) is 5.66. The van der Waals surface area contributed by atoms with Gasteiger partial charge in [-0.2, -0.15) is 11.3 Å². The Labute approximate surface area is 159 Å². The maximum absolute atomic E-state index is 12.6. The molecule has 0 unspecified atom stereocenters. The van der Waals surface area contributed by atoms with Gasteiger partial charge >= 0.3 is 5.63 Å². The van der Waals surface area contributed by atoms with Crippen LogP contribution in [0.2, 0.25) is 5.02 Å². The average molecular weight is 382 g/mol. The van der Waals surface area contributed by atoms with Crippen LogP contribution in [0.5, 0.6) is 0 Å². The van der Waals surface area contributed by atoms with Gasteiger partial charge in [0.25, 0.3) is 0 Å². The van der Waals surface area contributed by atoms with Gasteiger partial charge in [-0.05, 0) is 64.7 Å². The topological polar surface area (TPSA) is 56.2 Å². The standard InChI is InChI=1S/C21H16ClNO2S/c1-12-16-9-19(22)18(14-5-6-26-11-14)10-20(16)25-21(24)17(12)8-13-3-2-4-15(23)7-13/h2-7,9-11H,8,23H2,1H3. The van der Waals surface area contributed by atoms with Gasteiger partial charge < -0.3 is 10.2 Å². The zero-order valence-corrected chi connectivity index (χ0v) is 15.7. The summed E-state index contributed by atoms with van der Waals surface area (Å²) < 4.78 is 5.63. The molecule has 130 valence electrons. The third-order valence-electron chi connectivity index (χ3n) is 4.54. The highest BCUT2D eigenvalue weighted by Gasteiger charge is 2.15. The molecule has 2 heterocycles. The van der Waals surface area contributed by atoms with E-state index in [0.717, 1.165) is 27.6 Å². The summed E-state index contributed by atoms with van der Waals surface area (Å²) in [6.45, 7) is 1.93. The molecule has 3 nitrogen and oxygen atoms in total. The van der Waals surface area contributed by atoms with E-state index in [1.165, 1.54) is 0 Å². The second kappa shape index (κ2) is 6.63. The summed E-state index contributed by atoms with van der Waals surface area (Å²) in [5.41, 5.74) is 11.1. The Bertz CT molecular complexity index is 1160. The molecule has 0 atom stereocenters. The molecular formula is C21H16ClNO2S. The van der Waals surface area contributed by atoms with Crippen LogP contribution in [0.4, 0.5) is 5.69 Å². The van der Waals surface area contributed by atoms with E-state index in [1.54, 1.807) is 11.3 Å². The van der Waals surface area contributed by atoms with E-state index >= 15 is 0 Å². The first-order valence-corrected chi connectivity index (χ1v) is 9.48. The lowest BCUT2D eigenvalue weighted by Gasteiger charge is -2.11. The van der Waals surface area contributed by atoms with Crippen molar-refractivity contribution in [3.8, 4) is 11.1 Å². The van der Waals surface area contributed by atoms with Gasteiger partial charge in [-0.15, -0.1) is 0 Å². The molecule has 2 aromatic heterocycles. The van der Waals surface area contributed by atoms with Crippen LogP contribution in [0.15, 0.2) is 62.4 Å². The number of aryl methyl sites for hydroxylation is 1. The first-order chi connectivity index (χ1) is 12.5. The van der Waals surface area contributed by atoms with E-state index < -0.39 is 0 Å². The van der Waals surface area contributed by atoms with E-state index in [9.17, 15) is 4.79 Å². The summed E-state index contributed by atoms with van der Waals surface area (Å²) in [6, 6.07) is 13.2. The number of rotatable bonds is 3. The molecule has 0 aliphatic carbocycles. The highest BCUT2D eigenvalue weighted by atomic mass is 35.5. The Balaban J connectivity index is 1.86. The average Bonchev–Trinajstić information content (AvgIpc) is 3.13. The third-order valence-corrected chi connectivity index (χ3v) is 5.54. The van der Waals surface area contributed by atoms with Crippen LogP contribution in [-0.2, 0) is 6.42 Å². The molecule has 0 aliphatic heterocycles. The molecule has 26 heavy (non-hydrogen) atoms. The van der Waals surface area contributed by atoms with Crippen molar-refractivity contribution in [1.29, 1.82) is 0 Å². The summed E-state index contributed by atoms with van der Waals surface area (Å²) in [6.07, 6.45) is 0.471. The molecule has 4 aromatic rings. The lowest BCUT2D eigenvalue weighted by atomic mass is 9.98. The number of hydrogen-bond acceptors (Lipinski definition) is 4. The number of nitrogen functional groups attached to an aromatic ring is 1. The summed E-state index contributed by atoms with van der Waals surface area (Å²) in [5.74, 6) is 0. The highest BCUT2D eigenvalue weighted by molar-refractivity contribution is 7.08. The summed E-state index contributed by atoms with van der Waals surface area (Å²) in [5, 5.41) is 5.51. The number of anilines is 1. The summed E-state index contributed by atoms with van der Waals surface area (Å²) in [4.78, 5) is 12.6. The Hall–Kier alpha value is -2.56. The van der Waals surface area contributed by atoms with Crippen molar-refractivity contribution in [2.75, 3.05) is 5.73 Å². The Kier molecular flexibility index (Phi) is 4.31. The zero-order chi connectivity index (χ0) is 18.3. The van der Waals surface area contributed by atoms with Crippen LogP contribution in [0.3, 0.4) is 0 Å². The molecule has 2 aromatic carbocycles. The quantitative estimate of drug-likeness (QED) is 0.368. The zero-order valence-electron chi connectivity index (χ0n) is 14.1. The van der Waals surface area contributed by atoms with Gasteiger partial charge in [-0.25, -0.2) is 4.79 Å². The molecule has 0 saturated carbocycles. The van der Waals surface area contributed by atoms with Gasteiger partial charge in [0.15, 0.2) is 0 Å². The van der Waals surface area contributed by atoms with Crippen molar-refractivity contribution in [2.24, 2.45) is 0 Å². The minimum Gasteiger partial charge on any atom is -0.422 e. The molecular weight excluding hydrogens is 366 g/mol. The van der Waals surface area contributed by atoms with Crippen LogP contribution in [0.1, 0.15) is 16.7 Å². The fourth-order valence-electron chi connectivity index (χ4n) is 3.16. The van der Waals surface area contributed by atoms with Gasteiger partial charge in [0.2, 0.25) is 0 Å². The maximum atomic E-state index is 12.6. The van der Waals surface area contributed by atoms with Crippen LogP contribution < -0.4 is 11.4 Å². The molecule has 0 aliphatic rings. The van der Waals surface area contributed by atoms with E-state index in [2.05, 4.69) is 0 Å². The second-order valence-electron chi connectivity index (χ2n) is 6.26. The number of nitrogens with two attached hydrogens (primary N) is 1. The van der Waals surface area contributed by atoms with Crippen molar-refractivity contribution < 1.29 is 4.42 Å². The fraction of sp³-hybridized carbons (Fsp3) is 0.0952. The van der Waals surface area contributed by atoms with Gasteiger partial charge in [0.1, 0.15) is 5.58 Å². The van der Waals surface area contributed by atoms with Gasteiger partial charge in [0.05, 0.1) is 0 Å².